The van der Waals surface area contributed by atoms with E-state index in [2.05, 4.69) is 6.58 Å². The fourth-order valence-electron chi connectivity index (χ4n) is 2.15. The number of halogens is 1. The summed E-state index contributed by atoms with van der Waals surface area (Å²) in [6.07, 6.45) is 0.817. The molecule has 2 rings (SSSR count). The molecular weight excluding hydrogens is 290 g/mol. The molecule has 0 saturated carbocycles. The van der Waals surface area contributed by atoms with Gasteiger partial charge >= 0.3 is 0 Å². The molecule has 0 unspecified atom stereocenters. The molecule has 1 heterocycles. The van der Waals surface area contributed by atoms with E-state index in [0.717, 1.165) is 5.56 Å². The zero-order chi connectivity index (χ0) is 15.1. The molecule has 0 aromatic heterocycles. The summed E-state index contributed by atoms with van der Waals surface area (Å²) in [6, 6.07) is 9.71. The SMILES string of the molecule is C=C[C@H](Cl)[C@@H](OCc1ccccc1)C(=O)N1CCOCC1. The van der Waals surface area contributed by atoms with E-state index in [0.29, 0.717) is 32.9 Å². The second kappa shape index (κ2) is 8.17. The van der Waals surface area contributed by atoms with E-state index < -0.39 is 11.5 Å². The number of hydrogen-bond donors (Lipinski definition) is 0. The highest BCUT2D eigenvalue weighted by atomic mass is 35.5. The number of alkyl halides is 1. The molecule has 4 nitrogen and oxygen atoms in total. The van der Waals surface area contributed by atoms with Crippen molar-refractivity contribution in [3.63, 3.8) is 0 Å². The minimum Gasteiger partial charge on any atom is -0.378 e. The van der Waals surface area contributed by atoms with Crippen molar-refractivity contribution in [2.45, 2.75) is 18.1 Å². The predicted octanol–water partition coefficient (Wildman–Crippen LogP) is 2.22. The number of morpholine rings is 1. The molecule has 1 aromatic carbocycles. The van der Waals surface area contributed by atoms with Crippen LogP contribution >= 0.6 is 11.6 Å². The summed E-state index contributed by atoms with van der Waals surface area (Å²) in [4.78, 5) is 14.3. The highest BCUT2D eigenvalue weighted by molar-refractivity contribution is 6.23. The van der Waals surface area contributed by atoms with Crippen molar-refractivity contribution in [3.8, 4) is 0 Å². The van der Waals surface area contributed by atoms with Crippen molar-refractivity contribution in [2.24, 2.45) is 0 Å². The van der Waals surface area contributed by atoms with E-state index in [1.807, 2.05) is 30.3 Å². The minimum atomic E-state index is -0.720. The molecule has 1 aromatic rings. The van der Waals surface area contributed by atoms with Gasteiger partial charge in [-0.15, -0.1) is 18.2 Å². The van der Waals surface area contributed by atoms with Crippen LogP contribution in [0.15, 0.2) is 43.0 Å². The van der Waals surface area contributed by atoms with Crippen LogP contribution in [0.2, 0.25) is 0 Å². The van der Waals surface area contributed by atoms with Crippen LogP contribution in [0.25, 0.3) is 0 Å². The lowest BCUT2D eigenvalue weighted by Crippen LogP contribution is -2.48. The van der Waals surface area contributed by atoms with Gasteiger partial charge in [-0.25, -0.2) is 0 Å². The molecule has 2 atom stereocenters. The molecule has 1 aliphatic rings. The first-order valence-corrected chi connectivity index (χ1v) is 7.44. The lowest BCUT2D eigenvalue weighted by molar-refractivity contribution is -0.148. The van der Waals surface area contributed by atoms with Gasteiger partial charge in [0, 0.05) is 13.1 Å². The Morgan fingerprint density at radius 3 is 2.67 bits per heavy atom. The molecule has 114 valence electrons. The zero-order valence-electron chi connectivity index (χ0n) is 11.9. The molecule has 1 amide bonds. The quantitative estimate of drug-likeness (QED) is 0.597. The molecular formula is C16H20ClNO3. The van der Waals surface area contributed by atoms with Crippen LogP contribution in [-0.4, -0.2) is 48.6 Å². The summed E-state index contributed by atoms with van der Waals surface area (Å²) < 4.78 is 11.0. The van der Waals surface area contributed by atoms with Gasteiger partial charge in [0.25, 0.3) is 5.91 Å². The summed E-state index contributed by atoms with van der Waals surface area (Å²) in [7, 11) is 0. The number of nitrogens with zero attached hydrogens (tertiary/aromatic N) is 1. The van der Waals surface area contributed by atoms with Crippen LogP contribution in [0.3, 0.4) is 0 Å². The molecule has 0 N–H and O–H groups in total. The van der Waals surface area contributed by atoms with Gasteiger partial charge < -0.3 is 14.4 Å². The summed E-state index contributed by atoms with van der Waals surface area (Å²) in [5.74, 6) is -0.103. The first kappa shape index (κ1) is 16.0. The second-order valence-electron chi connectivity index (χ2n) is 4.83. The molecule has 5 heteroatoms. The van der Waals surface area contributed by atoms with E-state index in [4.69, 9.17) is 21.1 Å². The van der Waals surface area contributed by atoms with Gasteiger partial charge in [-0.2, -0.15) is 0 Å². The van der Waals surface area contributed by atoms with Crippen LogP contribution in [0.5, 0.6) is 0 Å². The Kier molecular flexibility index (Phi) is 6.23. The first-order chi connectivity index (χ1) is 10.2. The standard InChI is InChI=1S/C16H20ClNO3/c1-2-14(17)15(16(19)18-8-10-20-11-9-18)21-12-13-6-4-3-5-7-13/h2-7,14-15H,1,8-12H2/t14-,15+/m0/s1. The largest absolute Gasteiger partial charge is 0.378 e. The number of rotatable bonds is 6. The number of ether oxygens (including phenoxy) is 2. The van der Waals surface area contributed by atoms with Crippen LogP contribution in [0.1, 0.15) is 5.56 Å². The Morgan fingerprint density at radius 1 is 1.38 bits per heavy atom. The molecule has 1 saturated heterocycles. The Hall–Kier alpha value is -1.36. The summed E-state index contributed by atoms with van der Waals surface area (Å²) in [5, 5.41) is -0.552. The summed E-state index contributed by atoms with van der Waals surface area (Å²) >= 11 is 6.19. The van der Waals surface area contributed by atoms with E-state index >= 15 is 0 Å². The number of carbonyl (C=O) groups excluding carboxylic acids is 1. The Balaban J connectivity index is 1.99. The lowest BCUT2D eigenvalue weighted by atomic mass is 10.2. The molecule has 0 spiro atoms. The number of hydrogen-bond acceptors (Lipinski definition) is 3. The highest BCUT2D eigenvalue weighted by Gasteiger charge is 2.31. The third-order valence-electron chi connectivity index (χ3n) is 3.35. The Morgan fingerprint density at radius 2 is 2.05 bits per heavy atom. The van der Waals surface area contributed by atoms with Crippen molar-refractivity contribution in [1.29, 1.82) is 0 Å². The molecule has 0 bridgehead atoms. The van der Waals surface area contributed by atoms with Crippen molar-refractivity contribution in [2.75, 3.05) is 26.3 Å². The van der Waals surface area contributed by atoms with E-state index in [-0.39, 0.29) is 5.91 Å². The maximum absolute atomic E-state index is 12.5. The molecule has 1 aliphatic heterocycles. The van der Waals surface area contributed by atoms with Crippen LogP contribution < -0.4 is 0 Å². The third-order valence-corrected chi connectivity index (χ3v) is 3.76. The van der Waals surface area contributed by atoms with Crippen molar-refractivity contribution in [3.05, 3.63) is 48.6 Å². The molecule has 0 radical (unpaired) electrons. The van der Waals surface area contributed by atoms with Gasteiger partial charge in [0.2, 0.25) is 0 Å². The monoisotopic (exact) mass is 309 g/mol. The molecule has 21 heavy (non-hydrogen) atoms. The first-order valence-electron chi connectivity index (χ1n) is 7.01. The van der Waals surface area contributed by atoms with Crippen molar-refractivity contribution >= 4 is 17.5 Å². The third kappa shape index (κ3) is 4.56. The van der Waals surface area contributed by atoms with E-state index in [9.17, 15) is 4.79 Å². The van der Waals surface area contributed by atoms with Crippen molar-refractivity contribution in [1.82, 2.24) is 4.90 Å². The topological polar surface area (TPSA) is 38.8 Å². The van der Waals surface area contributed by atoms with E-state index in [1.165, 1.54) is 6.08 Å². The van der Waals surface area contributed by atoms with Gasteiger partial charge in [0.15, 0.2) is 6.10 Å². The Bertz CT molecular complexity index is 460. The van der Waals surface area contributed by atoms with Gasteiger partial charge in [-0.1, -0.05) is 36.4 Å². The summed E-state index contributed by atoms with van der Waals surface area (Å²) in [6.45, 7) is 6.26. The molecule has 1 fully saturated rings. The number of benzene rings is 1. The predicted molar refractivity (Wildman–Crippen MR) is 82.3 cm³/mol. The lowest BCUT2D eigenvalue weighted by Gasteiger charge is -2.31. The fraction of sp³-hybridized carbons (Fsp3) is 0.438. The normalized spacial score (nSPS) is 18.0. The number of carbonyl (C=O) groups is 1. The van der Waals surface area contributed by atoms with Gasteiger partial charge in [-0.05, 0) is 5.56 Å². The van der Waals surface area contributed by atoms with Gasteiger partial charge in [0.1, 0.15) is 0 Å². The minimum absolute atomic E-state index is 0.103. The van der Waals surface area contributed by atoms with Crippen LogP contribution in [-0.2, 0) is 20.9 Å². The average Bonchev–Trinajstić information content (AvgIpc) is 2.56. The second-order valence-corrected chi connectivity index (χ2v) is 5.34. The van der Waals surface area contributed by atoms with Crippen molar-refractivity contribution < 1.29 is 14.3 Å². The highest BCUT2D eigenvalue weighted by Crippen LogP contribution is 2.15. The Labute approximate surface area is 130 Å². The van der Waals surface area contributed by atoms with Gasteiger partial charge in [-0.3, -0.25) is 4.79 Å². The smallest absolute Gasteiger partial charge is 0.253 e. The van der Waals surface area contributed by atoms with Gasteiger partial charge in [0.05, 0.1) is 25.2 Å². The fourth-order valence-corrected chi connectivity index (χ4v) is 2.33. The molecule has 0 aliphatic carbocycles. The van der Waals surface area contributed by atoms with Crippen LogP contribution in [0.4, 0.5) is 0 Å². The maximum Gasteiger partial charge on any atom is 0.253 e. The summed E-state index contributed by atoms with van der Waals surface area (Å²) in [5.41, 5.74) is 1.00. The van der Waals surface area contributed by atoms with E-state index in [1.54, 1.807) is 4.90 Å². The van der Waals surface area contributed by atoms with Crippen LogP contribution in [0, 0.1) is 0 Å². The average molecular weight is 310 g/mol. The number of amides is 1. The zero-order valence-corrected chi connectivity index (χ0v) is 12.7. The maximum atomic E-state index is 12.5.